The summed E-state index contributed by atoms with van der Waals surface area (Å²) in [7, 11) is 0. The molecule has 0 amide bonds. The molecule has 0 aromatic carbocycles. The number of nitrogens with zero attached hydrogens (tertiary/aromatic N) is 1. The molecule has 1 saturated heterocycles. The average molecular weight is 286 g/mol. The summed E-state index contributed by atoms with van der Waals surface area (Å²) in [6.07, 6.45) is 14.4. The van der Waals surface area contributed by atoms with Gasteiger partial charge in [0.05, 0.1) is 6.20 Å². The minimum atomic E-state index is 0.210. The van der Waals surface area contributed by atoms with E-state index < -0.39 is 0 Å². The molecule has 0 aliphatic carbocycles. The molecule has 21 heavy (non-hydrogen) atoms. The molecule has 3 nitrogen and oxygen atoms in total. The van der Waals surface area contributed by atoms with Crippen molar-refractivity contribution in [1.29, 1.82) is 0 Å². The lowest BCUT2D eigenvalue weighted by molar-refractivity contribution is 0.276. The molecule has 1 aliphatic heterocycles. The van der Waals surface area contributed by atoms with Crippen LogP contribution >= 0.6 is 0 Å². The van der Waals surface area contributed by atoms with Crippen molar-refractivity contribution in [3.05, 3.63) is 42.3 Å². The van der Waals surface area contributed by atoms with Crippen LogP contribution in [0.3, 0.4) is 0 Å². The number of allylic oxidation sites excluding steroid dienone is 3. The first-order valence-electron chi connectivity index (χ1n) is 7.70. The van der Waals surface area contributed by atoms with Crippen molar-refractivity contribution >= 4 is 6.08 Å². The first-order chi connectivity index (χ1) is 10.0. The van der Waals surface area contributed by atoms with Crippen LogP contribution < -0.4 is 10.1 Å². The van der Waals surface area contributed by atoms with Crippen LogP contribution in [-0.2, 0) is 0 Å². The Morgan fingerprint density at radius 1 is 1.33 bits per heavy atom. The van der Waals surface area contributed by atoms with Crippen molar-refractivity contribution < 1.29 is 4.74 Å². The van der Waals surface area contributed by atoms with Crippen molar-refractivity contribution in [2.75, 3.05) is 13.2 Å². The van der Waals surface area contributed by atoms with E-state index >= 15 is 0 Å². The van der Waals surface area contributed by atoms with Gasteiger partial charge in [0.1, 0.15) is 12.4 Å². The second-order valence-corrected chi connectivity index (χ2v) is 6.64. The van der Waals surface area contributed by atoms with Gasteiger partial charge in [0, 0.05) is 12.2 Å². The lowest BCUT2D eigenvalue weighted by Gasteiger charge is -2.12. The average Bonchev–Trinajstić information content (AvgIpc) is 2.94. The second kappa shape index (κ2) is 7.41. The fourth-order valence-electron chi connectivity index (χ4n) is 2.21. The third-order valence-electron chi connectivity index (χ3n) is 3.34. The summed E-state index contributed by atoms with van der Waals surface area (Å²) >= 11 is 0. The SMILES string of the molecule is CC(C)(C)C=CC=Cc1cncc(OC[C@@H]2CCCN2)c1. The van der Waals surface area contributed by atoms with Gasteiger partial charge < -0.3 is 10.1 Å². The molecule has 0 saturated carbocycles. The van der Waals surface area contributed by atoms with Crippen LogP contribution in [0.2, 0.25) is 0 Å². The smallest absolute Gasteiger partial charge is 0.138 e. The highest BCUT2D eigenvalue weighted by Gasteiger charge is 2.14. The van der Waals surface area contributed by atoms with E-state index in [1.807, 2.05) is 18.3 Å². The lowest BCUT2D eigenvalue weighted by atomic mass is 9.96. The largest absolute Gasteiger partial charge is 0.490 e. The second-order valence-electron chi connectivity index (χ2n) is 6.64. The lowest BCUT2D eigenvalue weighted by Crippen LogP contribution is -2.28. The Morgan fingerprint density at radius 3 is 2.90 bits per heavy atom. The molecule has 114 valence electrons. The minimum absolute atomic E-state index is 0.210. The molecular weight excluding hydrogens is 260 g/mol. The number of nitrogens with one attached hydrogen (secondary N) is 1. The van der Waals surface area contributed by atoms with Gasteiger partial charge in [-0.2, -0.15) is 0 Å². The Morgan fingerprint density at radius 2 is 2.19 bits per heavy atom. The summed E-state index contributed by atoms with van der Waals surface area (Å²) < 4.78 is 5.81. The molecule has 0 radical (unpaired) electrons. The van der Waals surface area contributed by atoms with E-state index in [2.05, 4.69) is 49.3 Å². The molecule has 0 bridgehead atoms. The van der Waals surface area contributed by atoms with E-state index in [4.69, 9.17) is 4.74 Å². The maximum absolute atomic E-state index is 5.81. The summed E-state index contributed by atoms with van der Waals surface area (Å²) in [5.74, 6) is 0.839. The van der Waals surface area contributed by atoms with Gasteiger partial charge in [0.2, 0.25) is 0 Å². The molecular formula is C18H26N2O. The monoisotopic (exact) mass is 286 g/mol. The zero-order chi connectivity index (χ0) is 15.1. The summed E-state index contributed by atoms with van der Waals surface area (Å²) in [5.41, 5.74) is 1.27. The maximum Gasteiger partial charge on any atom is 0.138 e. The van der Waals surface area contributed by atoms with Crippen LogP contribution in [0.15, 0.2) is 36.7 Å². The predicted octanol–water partition coefficient (Wildman–Crippen LogP) is 3.83. The van der Waals surface area contributed by atoms with E-state index in [1.54, 1.807) is 6.20 Å². The Bertz CT molecular complexity index is 494. The fourth-order valence-corrected chi connectivity index (χ4v) is 2.21. The van der Waals surface area contributed by atoms with Crippen LogP contribution in [0, 0.1) is 5.41 Å². The first kappa shape index (κ1) is 15.8. The van der Waals surface area contributed by atoms with Crippen LogP contribution in [0.25, 0.3) is 6.08 Å². The fraction of sp³-hybridized carbons (Fsp3) is 0.500. The van der Waals surface area contributed by atoms with Gasteiger partial charge >= 0.3 is 0 Å². The molecule has 2 heterocycles. The van der Waals surface area contributed by atoms with E-state index in [-0.39, 0.29) is 5.41 Å². The van der Waals surface area contributed by atoms with Gasteiger partial charge in [-0.1, -0.05) is 45.1 Å². The van der Waals surface area contributed by atoms with Crippen molar-refractivity contribution in [2.45, 2.75) is 39.7 Å². The Kier molecular flexibility index (Phi) is 5.57. The Labute approximate surface area is 128 Å². The quantitative estimate of drug-likeness (QED) is 0.835. The van der Waals surface area contributed by atoms with Crippen molar-refractivity contribution in [2.24, 2.45) is 5.41 Å². The van der Waals surface area contributed by atoms with Gasteiger partial charge in [-0.15, -0.1) is 0 Å². The highest BCUT2D eigenvalue weighted by Crippen LogP contribution is 2.16. The van der Waals surface area contributed by atoms with E-state index in [1.165, 1.54) is 12.8 Å². The third kappa shape index (κ3) is 6.13. The number of hydrogen-bond donors (Lipinski definition) is 1. The summed E-state index contributed by atoms with van der Waals surface area (Å²) in [6, 6.07) is 2.52. The van der Waals surface area contributed by atoms with E-state index in [0.29, 0.717) is 6.04 Å². The Balaban J connectivity index is 1.88. The maximum atomic E-state index is 5.81. The molecule has 2 rings (SSSR count). The van der Waals surface area contributed by atoms with Gasteiger partial charge in [-0.05, 0) is 36.4 Å². The zero-order valence-electron chi connectivity index (χ0n) is 13.3. The molecule has 1 aromatic rings. The molecule has 1 atom stereocenters. The van der Waals surface area contributed by atoms with Crippen molar-refractivity contribution in [3.8, 4) is 5.75 Å². The number of ether oxygens (including phenoxy) is 1. The Hall–Kier alpha value is -1.61. The predicted molar refractivity (Wildman–Crippen MR) is 88.4 cm³/mol. The van der Waals surface area contributed by atoms with Crippen molar-refractivity contribution in [1.82, 2.24) is 10.3 Å². The molecule has 0 spiro atoms. The standard InChI is InChI=1S/C18H26N2O/c1-18(2,3)9-5-4-7-15-11-17(13-19-12-15)21-14-16-8-6-10-20-16/h4-5,7,9,11-13,16,20H,6,8,10,14H2,1-3H3/t16-/m0/s1. The minimum Gasteiger partial charge on any atom is -0.490 e. The summed E-state index contributed by atoms with van der Waals surface area (Å²) in [6.45, 7) is 8.38. The van der Waals surface area contributed by atoms with Crippen LogP contribution in [-0.4, -0.2) is 24.2 Å². The molecule has 0 unspecified atom stereocenters. The normalized spacial score (nSPS) is 19.7. The molecule has 1 aliphatic rings. The van der Waals surface area contributed by atoms with Crippen molar-refractivity contribution in [3.63, 3.8) is 0 Å². The number of rotatable bonds is 5. The first-order valence-corrected chi connectivity index (χ1v) is 7.70. The number of hydrogen-bond acceptors (Lipinski definition) is 3. The highest BCUT2D eigenvalue weighted by molar-refractivity contribution is 5.51. The molecule has 1 N–H and O–H groups in total. The van der Waals surface area contributed by atoms with E-state index in [0.717, 1.165) is 24.5 Å². The molecule has 3 heteroatoms. The van der Waals surface area contributed by atoms with Gasteiger partial charge in [0.15, 0.2) is 0 Å². The number of pyridine rings is 1. The van der Waals surface area contributed by atoms with Gasteiger partial charge in [-0.25, -0.2) is 0 Å². The summed E-state index contributed by atoms with van der Waals surface area (Å²) in [4.78, 5) is 4.24. The highest BCUT2D eigenvalue weighted by atomic mass is 16.5. The zero-order valence-corrected chi connectivity index (χ0v) is 13.3. The molecule has 1 aromatic heterocycles. The molecule has 1 fully saturated rings. The van der Waals surface area contributed by atoms with Crippen LogP contribution in [0.4, 0.5) is 0 Å². The summed E-state index contributed by atoms with van der Waals surface area (Å²) in [5, 5.41) is 3.43. The van der Waals surface area contributed by atoms with Gasteiger partial charge in [-0.3, -0.25) is 4.98 Å². The van der Waals surface area contributed by atoms with Crippen LogP contribution in [0.1, 0.15) is 39.2 Å². The van der Waals surface area contributed by atoms with E-state index in [9.17, 15) is 0 Å². The topological polar surface area (TPSA) is 34.1 Å². The third-order valence-corrected chi connectivity index (χ3v) is 3.34. The number of aromatic nitrogens is 1. The van der Waals surface area contributed by atoms with Crippen LogP contribution in [0.5, 0.6) is 5.75 Å². The van der Waals surface area contributed by atoms with Gasteiger partial charge in [0.25, 0.3) is 0 Å².